The molecule has 1 aliphatic carbocycles. The quantitative estimate of drug-likeness (QED) is 0.678. The lowest BCUT2D eigenvalue weighted by Crippen LogP contribution is -2.18. The molecule has 1 heterocycles. The Labute approximate surface area is 156 Å². The molecule has 1 aromatic carbocycles. The van der Waals surface area contributed by atoms with E-state index in [-0.39, 0.29) is 27.2 Å². The standard InChI is InChI=1S/C15H11Cl2F3N2O3S/c16-9-3-1-2-4-12(9)26(24,25)6-11(23)13-14(17)22(7-21-13)10-5-8(10)15(18,19)20/h1-4,7-8,10H,5-6H2. The highest BCUT2D eigenvalue weighted by Gasteiger charge is 2.57. The zero-order valence-corrected chi connectivity index (χ0v) is 15.2. The first-order chi connectivity index (χ1) is 12.0. The van der Waals surface area contributed by atoms with Crippen molar-refractivity contribution in [1.29, 1.82) is 0 Å². The van der Waals surface area contributed by atoms with E-state index in [1.54, 1.807) is 0 Å². The van der Waals surface area contributed by atoms with E-state index in [1.165, 1.54) is 24.3 Å². The molecule has 0 aliphatic heterocycles. The number of halogens is 5. The SMILES string of the molecule is O=C(CS(=O)(=O)c1ccccc1Cl)c1ncn(C2CC2C(F)(F)F)c1Cl. The average molecular weight is 427 g/mol. The molecule has 1 aromatic heterocycles. The number of aromatic nitrogens is 2. The topological polar surface area (TPSA) is 69.0 Å². The van der Waals surface area contributed by atoms with Crippen molar-refractivity contribution in [2.45, 2.75) is 23.5 Å². The number of nitrogens with zero attached hydrogens (tertiary/aromatic N) is 2. The number of alkyl halides is 3. The number of benzene rings is 1. The molecular weight excluding hydrogens is 416 g/mol. The van der Waals surface area contributed by atoms with Gasteiger partial charge in [-0.25, -0.2) is 13.4 Å². The van der Waals surface area contributed by atoms with Gasteiger partial charge < -0.3 is 4.57 Å². The molecule has 1 saturated carbocycles. The van der Waals surface area contributed by atoms with Crippen molar-refractivity contribution in [3.05, 3.63) is 46.5 Å². The number of carbonyl (C=O) groups is 1. The number of imidazole rings is 1. The zero-order chi connectivity index (χ0) is 19.3. The lowest BCUT2D eigenvalue weighted by Gasteiger charge is -2.07. The molecular formula is C15H11Cl2F3N2O3S. The lowest BCUT2D eigenvalue weighted by atomic mass is 10.3. The van der Waals surface area contributed by atoms with Gasteiger partial charge in [0.2, 0.25) is 0 Å². The molecule has 0 amide bonds. The minimum absolute atomic E-state index is 0.0390. The molecule has 2 atom stereocenters. The predicted molar refractivity (Wildman–Crippen MR) is 88.3 cm³/mol. The molecule has 0 bridgehead atoms. The number of hydrogen-bond acceptors (Lipinski definition) is 4. The molecule has 3 rings (SSSR count). The van der Waals surface area contributed by atoms with Crippen LogP contribution in [0.5, 0.6) is 0 Å². The summed E-state index contributed by atoms with van der Waals surface area (Å²) in [6.07, 6.45) is -3.50. The van der Waals surface area contributed by atoms with Crippen molar-refractivity contribution in [3.63, 3.8) is 0 Å². The second-order valence-electron chi connectivity index (χ2n) is 5.86. The molecule has 1 fully saturated rings. The highest BCUT2D eigenvalue weighted by molar-refractivity contribution is 7.92. The van der Waals surface area contributed by atoms with Gasteiger partial charge in [-0.05, 0) is 18.6 Å². The first kappa shape index (κ1) is 19.2. The summed E-state index contributed by atoms with van der Waals surface area (Å²) in [4.78, 5) is 15.8. The Morgan fingerprint density at radius 1 is 1.27 bits per heavy atom. The zero-order valence-electron chi connectivity index (χ0n) is 12.9. The first-order valence-electron chi connectivity index (χ1n) is 7.32. The number of ketones is 1. The molecule has 0 spiro atoms. The van der Waals surface area contributed by atoms with Gasteiger partial charge in [0.05, 0.1) is 22.2 Å². The third kappa shape index (κ3) is 3.60. The van der Waals surface area contributed by atoms with Crippen LogP contribution < -0.4 is 0 Å². The second-order valence-corrected chi connectivity index (χ2v) is 8.58. The second kappa shape index (κ2) is 6.54. The molecule has 0 radical (unpaired) electrons. The molecule has 2 unspecified atom stereocenters. The summed E-state index contributed by atoms with van der Waals surface area (Å²) in [6.45, 7) is 0. The van der Waals surface area contributed by atoms with Crippen molar-refractivity contribution >= 4 is 38.8 Å². The van der Waals surface area contributed by atoms with Crippen LogP contribution in [0.3, 0.4) is 0 Å². The van der Waals surface area contributed by atoms with Crippen LogP contribution in [0.15, 0.2) is 35.5 Å². The Morgan fingerprint density at radius 3 is 2.50 bits per heavy atom. The minimum atomic E-state index is -4.37. The number of hydrogen-bond donors (Lipinski definition) is 0. The van der Waals surface area contributed by atoms with E-state index in [1.807, 2.05) is 0 Å². The number of Topliss-reactive ketones (excluding diaryl/α,β-unsaturated/α-hetero) is 1. The van der Waals surface area contributed by atoms with Crippen LogP contribution in [-0.2, 0) is 9.84 Å². The van der Waals surface area contributed by atoms with Crippen LogP contribution >= 0.6 is 23.2 Å². The maximum Gasteiger partial charge on any atom is 0.393 e. The Bertz CT molecular complexity index is 973. The van der Waals surface area contributed by atoms with E-state index in [0.29, 0.717) is 0 Å². The predicted octanol–water partition coefficient (Wildman–Crippen LogP) is 3.97. The van der Waals surface area contributed by atoms with Gasteiger partial charge in [0.25, 0.3) is 0 Å². The summed E-state index contributed by atoms with van der Waals surface area (Å²) in [5.74, 6) is -3.41. The molecule has 0 saturated heterocycles. The van der Waals surface area contributed by atoms with Crippen molar-refractivity contribution in [2.24, 2.45) is 5.92 Å². The third-order valence-electron chi connectivity index (χ3n) is 4.02. The van der Waals surface area contributed by atoms with E-state index in [0.717, 1.165) is 10.9 Å². The van der Waals surface area contributed by atoms with Crippen LogP contribution in [-0.4, -0.2) is 35.7 Å². The van der Waals surface area contributed by atoms with Gasteiger partial charge in [0.1, 0.15) is 16.6 Å². The largest absolute Gasteiger partial charge is 0.393 e. The highest BCUT2D eigenvalue weighted by Crippen LogP contribution is 2.54. The smallest absolute Gasteiger partial charge is 0.317 e. The number of rotatable bonds is 5. The van der Waals surface area contributed by atoms with Crippen molar-refractivity contribution in [1.82, 2.24) is 9.55 Å². The summed E-state index contributed by atoms with van der Waals surface area (Å²) in [5.41, 5.74) is -0.380. The van der Waals surface area contributed by atoms with Crippen LogP contribution in [0.25, 0.3) is 0 Å². The summed E-state index contributed by atoms with van der Waals surface area (Å²) >= 11 is 11.8. The van der Waals surface area contributed by atoms with Gasteiger partial charge in [-0.1, -0.05) is 35.3 Å². The van der Waals surface area contributed by atoms with Crippen molar-refractivity contribution < 1.29 is 26.4 Å². The minimum Gasteiger partial charge on any atom is -0.317 e. The van der Waals surface area contributed by atoms with Crippen LogP contribution in [0.1, 0.15) is 23.0 Å². The maximum absolute atomic E-state index is 12.7. The van der Waals surface area contributed by atoms with Gasteiger partial charge in [-0.3, -0.25) is 4.79 Å². The van der Waals surface area contributed by atoms with E-state index >= 15 is 0 Å². The van der Waals surface area contributed by atoms with Crippen LogP contribution in [0, 0.1) is 5.92 Å². The third-order valence-corrected chi connectivity index (χ3v) is 6.51. The average Bonchev–Trinajstić information content (AvgIpc) is 3.24. The van der Waals surface area contributed by atoms with Crippen LogP contribution in [0.4, 0.5) is 13.2 Å². The highest BCUT2D eigenvalue weighted by atomic mass is 35.5. The number of carbonyl (C=O) groups excluding carboxylic acids is 1. The summed E-state index contributed by atoms with van der Waals surface area (Å²) in [7, 11) is -4.05. The van der Waals surface area contributed by atoms with Crippen LogP contribution in [0.2, 0.25) is 10.2 Å². The van der Waals surface area contributed by atoms with Gasteiger partial charge in [0, 0.05) is 6.04 Å². The normalized spacial score (nSPS) is 20.2. The van der Waals surface area contributed by atoms with Gasteiger partial charge in [-0.2, -0.15) is 13.2 Å². The Kier molecular flexibility index (Phi) is 4.83. The fourth-order valence-corrected chi connectivity index (χ4v) is 4.72. The monoisotopic (exact) mass is 426 g/mol. The molecule has 140 valence electrons. The molecule has 5 nitrogen and oxygen atoms in total. The summed E-state index contributed by atoms with van der Waals surface area (Å²) in [5, 5.41) is -0.343. The molecule has 1 aliphatic rings. The van der Waals surface area contributed by atoms with E-state index in [4.69, 9.17) is 23.2 Å². The van der Waals surface area contributed by atoms with E-state index < -0.39 is 39.5 Å². The van der Waals surface area contributed by atoms with Crippen molar-refractivity contribution in [3.8, 4) is 0 Å². The lowest BCUT2D eigenvalue weighted by molar-refractivity contribution is -0.150. The molecule has 26 heavy (non-hydrogen) atoms. The fraction of sp³-hybridized carbons (Fsp3) is 0.333. The van der Waals surface area contributed by atoms with E-state index in [2.05, 4.69) is 4.98 Å². The van der Waals surface area contributed by atoms with Gasteiger partial charge >= 0.3 is 6.18 Å². The van der Waals surface area contributed by atoms with Gasteiger partial charge in [0.15, 0.2) is 15.6 Å². The molecule has 11 heteroatoms. The Morgan fingerprint density at radius 2 is 1.92 bits per heavy atom. The summed E-state index contributed by atoms with van der Waals surface area (Å²) in [6, 6.07) is 4.68. The number of sulfone groups is 1. The Hall–Kier alpha value is -1.58. The molecule has 0 N–H and O–H groups in total. The maximum atomic E-state index is 12.7. The van der Waals surface area contributed by atoms with E-state index in [9.17, 15) is 26.4 Å². The Balaban J connectivity index is 1.81. The first-order valence-corrected chi connectivity index (χ1v) is 9.72. The molecule has 2 aromatic rings. The fourth-order valence-electron chi connectivity index (χ4n) is 2.62. The van der Waals surface area contributed by atoms with Crippen molar-refractivity contribution in [2.75, 3.05) is 5.75 Å². The van der Waals surface area contributed by atoms with Gasteiger partial charge in [-0.15, -0.1) is 0 Å². The summed E-state index contributed by atoms with van der Waals surface area (Å²) < 4.78 is 63.8.